The van der Waals surface area contributed by atoms with Gasteiger partial charge in [-0.15, -0.1) is 10.2 Å². The molecule has 0 saturated carbocycles. The third-order valence-electron chi connectivity index (χ3n) is 11.2. The predicted octanol–water partition coefficient (Wildman–Crippen LogP) is 6.34. The molecular weight excluding hydrogens is 875 g/mol. The number of aromatic nitrogens is 4. The molecule has 1 aliphatic heterocycles. The van der Waals surface area contributed by atoms with E-state index in [2.05, 4.69) is 10.3 Å². The van der Waals surface area contributed by atoms with Crippen LogP contribution < -0.4 is 18.5 Å². The standard InChI is InChI=1S/C46H55N7O10S2/c1-46(2,3)63-45(55)50-25-24-35(30-50)53(64(56)57)41-23-22-40(34-8-7-9-36(54)26-34)42(44-47-49-52(48-44)29-33-14-20-39(62-6)21-15-33)43(41)65(58,59)51(27-31-10-16-37(60-4)17-11-31)28-32-12-18-38(61-5)19-13-32/h10-23,26,35-36,54H,7-9,24-25,27-30H2,1-6H3,(H,56,57)/p-1/t35-,36-/m1/s1. The molecule has 0 spiro atoms. The molecule has 1 unspecified atom stereocenters. The lowest BCUT2D eigenvalue weighted by Gasteiger charge is -2.36. The molecule has 2 aliphatic rings. The number of likely N-dealkylation sites (tertiary alicyclic amines) is 1. The quantitative estimate of drug-likeness (QED) is 0.108. The summed E-state index contributed by atoms with van der Waals surface area (Å²) < 4.78 is 83.8. The number of methoxy groups -OCH3 is 3. The van der Waals surface area contributed by atoms with Gasteiger partial charge in [0.2, 0.25) is 15.8 Å². The SMILES string of the molecule is COc1ccc(CN(Cc2ccc(OC)cc2)S(=O)(=O)c2c(N([C@@H]3CCN(C(=O)OC(C)(C)C)C3)S(=O)[O-])ccc(C3=C[C@H](O)CCC3)c2-c2nnn(Cc3ccc(OC)cc3)n2)cc1. The second-order valence-corrected chi connectivity index (χ2v) is 19.6. The first-order valence-corrected chi connectivity index (χ1v) is 23.6. The molecule has 2 heterocycles. The number of allylic oxidation sites excluding steroid dienone is 1. The number of rotatable bonds is 16. The van der Waals surface area contributed by atoms with Crippen LogP contribution in [-0.2, 0) is 45.7 Å². The highest BCUT2D eigenvalue weighted by Crippen LogP contribution is 2.45. The molecule has 19 heteroatoms. The number of tetrazole rings is 1. The van der Waals surface area contributed by atoms with Crippen molar-refractivity contribution in [3.8, 4) is 28.6 Å². The lowest BCUT2D eigenvalue weighted by Crippen LogP contribution is -2.42. The molecule has 1 aliphatic carbocycles. The Hall–Kier alpha value is -5.86. The number of benzene rings is 4. The minimum atomic E-state index is -4.80. The van der Waals surface area contributed by atoms with Gasteiger partial charge in [0, 0.05) is 37.4 Å². The van der Waals surface area contributed by atoms with E-state index >= 15 is 8.42 Å². The summed E-state index contributed by atoms with van der Waals surface area (Å²) in [6, 6.07) is 23.5. The molecule has 1 fully saturated rings. The summed E-state index contributed by atoms with van der Waals surface area (Å²) in [5.74, 6) is 1.73. The lowest BCUT2D eigenvalue weighted by atomic mass is 9.89. The van der Waals surface area contributed by atoms with Crippen molar-refractivity contribution in [2.45, 2.75) is 88.7 Å². The number of nitrogens with zero attached hydrogens (tertiary/aromatic N) is 7. The monoisotopic (exact) mass is 928 g/mol. The first-order chi connectivity index (χ1) is 31.1. The number of carbonyl (C=O) groups is 1. The van der Waals surface area contributed by atoms with E-state index in [9.17, 15) is 18.7 Å². The van der Waals surface area contributed by atoms with Gasteiger partial charge in [-0.05, 0) is 122 Å². The molecule has 1 saturated heterocycles. The Morgan fingerprint density at radius 1 is 0.862 bits per heavy atom. The average Bonchev–Trinajstić information content (AvgIpc) is 3.97. The van der Waals surface area contributed by atoms with Crippen molar-refractivity contribution in [1.29, 1.82) is 0 Å². The zero-order chi connectivity index (χ0) is 46.5. The van der Waals surface area contributed by atoms with Gasteiger partial charge in [-0.2, -0.15) is 9.10 Å². The van der Waals surface area contributed by atoms with Crippen LogP contribution in [-0.4, -0.2) is 110 Å². The number of anilines is 1. The Bertz CT molecular complexity index is 2570. The van der Waals surface area contributed by atoms with Crippen LogP contribution >= 0.6 is 0 Å². The molecule has 7 rings (SSSR count). The molecule has 5 aromatic rings. The smallest absolute Gasteiger partial charge is 0.410 e. The van der Waals surface area contributed by atoms with Crippen LogP contribution in [0.5, 0.6) is 17.2 Å². The molecule has 17 nitrogen and oxygen atoms in total. The Labute approximate surface area is 382 Å². The van der Waals surface area contributed by atoms with Crippen molar-refractivity contribution in [2.24, 2.45) is 0 Å². The molecule has 0 bridgehead atoms. The zero-order valence-corrected chi connectivity index (χ0v) is 38.9. The number of aliphatic hydroxyl groups is 1. The number of aliphatic hydroxyl groups excluding tert-OH is 1. The molecule has 3 atom stereocenters. The van der Waals surface area contributed by atoms with Gasteiger partial charge >= 0.3 is 6.09 Å². The van der Waals surface area contributed by atoms with Gasteiger partial charge in [0.25, 0.3) is 0 Å². The summed E-state index contributed by atoms with van der Waals surface area (Å²) in [5, 5.41) is 24.5. The van der Waals surface area contributed by atoms with Gasteiger partial charge in [-0.3, -0.25) is 8.51 Å². The Morgan fingerprint density at radius 2 is 1.43 bits per heavy atom. The fourth-order valence-corrected chi connectivity index (χ4v) is 10.5. The first kappa shape index (κ1) is 47.1. The van der Waals surface area contributed by atoms with Crippen molar-refractivity contribution in [1.82, 2.24) is 29.4 Å². The maximum atomic E-state index is 16.1. The van der Waals surface area contributed by atoms with Crippen LogP contribution in [0.3, 0.4) is 0 Å². The van der Waals surface area contributed by atoms with Crippen LogP contribution in [0.15, 0.2) is 95.9 Å². The average molecular weight is 929 g/mol. The Morgan fingerprint density at radius 3 is 1.95 bits per heavy atom. The van der Waals surface area contributed by atoms with E-state index in [-0.39, 0.29) is 61.1 Å². The first-order valence-electron chi connectivity index (χ1n) is 21.2. The van der Waals surface area contributed by atoms with E-state index in [0.29, 0.717) is 58.8 Å². The number of sulfonamides is 1. The van der Waals surface area contributed by atoms with Crippen LogP contribution in [0.1, 0.15) is 68.7 Å². The van der Waals surface area contributed by atoms with Gasteiger partial charge in [-0.25, -0.2) is 13.2 Å². The molecule has 0 radical (unpaired) electrons. The number of hydrogen-bond donors (Lipinski definition) is 1. The van der Waals surface area contributed by atoms with E-state index in [1.807, 2.05) is 12.1 Å². The highest BCUT2D eigenvalue weighted by atomic mass is 32.2. The number of carbonyl (C=O) groups excluding carboxylic acids is 1. The van der Waals surface area contributed by atoms with Gasteiger partial charge in [0.15, 0.2) is 0 Å². The van der Waals surface area contributed by atoms with Gasteiger partial charge < -0.3 is 33.5 Å². The highest BCUT2D eigenvalue weighted by Gasteiger charge is 2.40. The molecule has 346 valence electrons. The topological polar surface area (TPSA) is 202 Å². The molecule has 1 aromatic heterocycles. The maximum absolute atomic E-state index is 16.1. The van der Waals surface area contributed by atoms with Crippen molar-refractivity contribution in [3.05, 3.63) is 113 Å². The fourth-order valence-electron chi connectivity index (χ4n) is 7.97. The van der Waals surface area contributed by atoms with E-state index in [0.717, 1.165) is 9.87 Å². The van der Waals surface area contributed by atoms with Gasteiger partial charge in [-0.1, -0.05) is 48.5 Å². The Balaban J connectivity index is 1.46. The highest BCUT2D eigenvalue weighted by molar-refractivity contribution is 7.89. The third kappa shape index (κ3) is 11.2. The lowest BCUT2D eigenvalue weighted by molar-refractivity contribution is 0.0292. The summed E-state index contributed by atoms with van der Waals surface area (Å²) in [5.41, 5.74) is 2.11. The van der Waals surface area contributed by atoms with Crippen molar-refractivity contribution in [3.63, 3.8) is 0 Å². The summed E-state index contributed by atoms with van der Waals surface area (Å²) in [6.45, 7) is 5.18. The molecule has 1 amide bonds. The molecule has 65 heavy (non-hydrogen) atoms. The van der Waals surface area contributed by atoms with Crippen LogP contribution in [0.2, 0.25) is 0 Å². The van der Waals surface area contributed by atoms with Crippen molar-refractivity contribution < 1.29 is 46.0 Å². The Kier molecular flexibility index (Phi) is 14.6. The minimum absolute atomic E-state index is 0.00994. The minimum Gasteiger partial charge on any atom is -0.755 e. The number of ether oxygens (including phenoxy) is 4. The second kappa shape index (κ2) is 20.1. The van der Waals surface area contributed by atoms with Crippen molar-refractivity contribution in [2.75, 3.05) is 38.7 Å². The summed E-state index contributed by atoms with van der Waals surface area (Å²) in [4.78, 5) is 15.6. The predicted molar refractivity (Wildman–Crippen MR) is 243 cm³/mol. The molecular formula is C46H54N7O10S2-. The van der Waals surface area contributed by atoms with Crippen LogP contribution in [0.4, 0.5) is 10.5 Å². The largest absolute Gasteiger partial charge is 0.755 e. The normalized spacial score (nSPS) is 17.1. The van der Waals surface area contributed by atoms with Crippen molar-refractivity contribution >= 4 is 38.6 Å². The van der Waals surface area contributed by atoms with Crippen LogP contribution in [0.25, 0.3) is 17.0 Å². The van der Waals surface area contributed by atoms with Gasteiger partial charge in [0.1, 0.15) is 27.7 Å². The fraction of sp³-hybridized carbons (Fsp3) is 0.391. The maximum Gasteiger partial charge on any atom is 0.410 e. The zero-order valence-electron chi connectivity index (χ0n) is 37.2. The van der Waals surface area contributed by atoms with Crippen LogP contribution in [0, 0.1) is 0 Å². The van der Waals surface area contributed by atoms with E-state index in [4.69, 9.17) is 24.0 Å². The molecule has 1 N–H and O–H groups in total. The number of hydrogen-bond acceptors (Lipinski definition) is 13. The summed E-state index contributed by atoms with van der Waals surface area (Å²) in [7, 11) is -0.156. The van der Waals surface area contributed by atoms with Gasteiger partial charge in [0.05, 0.1) is 51.3 Å². The number of amides is 1. The van der Waals surface area contributed by atoms with E-state index < -0.39 is 45.1 Å². The molecule has 4 aromatic carbocycles. The second-order valence-electron chi connectivity index (χ2n) is 16.9. The summed E-state index contributed by atoms with van der Waals surface area (Å²) in [6.07, 6.45) is 2.03. The van der Waals surface area contributed by atoms with E-state index in [1.54, 1.807) is 101 Å². The van der Waals surface area contributed by atoms with E-state index in [1.165, 1.54) is 34.3 Å². The third-order valence-corrected chi connectivity index (χ3v) is 13.8. The summed E-state index contributed by atoms with van der Waals surface area (Å²) >= 11 is -3.07.